The van der Waals surface area contributed by atoms with Gasteiger partial charge in [0.25, 0.3) is 11.6 Å². The van der Waals surface area contributed by atoms with Crippen molar-refractivity contribution in [1.82, 2.24) is 10.1 Å². The van der Waals surface area contributed by atoms with Gasteiger partial charge in [0, 0.05) is 23.7 Å². The first kappa shape index (κ1) is 20.9. The average Bonchev–Trinajstić information content (AvgIpc) is 3.33. The molecule has 0 fully saturated rings. The molecule has 0 amide bonds. The fourth-order valence-electron chi connectivity index (χ4n) is 3.19. The van der Waals surface area contributed by atoms with E-state index in [0.29, 0.717) is 40.7 Å². The number of methoxy groups -OCH3 is 2. The van der Waals surface area contributed by atoms with Crippen LogP contribution in [0.25, 0.3) is 22.8 Å². The van der Waals surface area contributed by atoms with Gasteiger partial charge in [0.15, 0.2) is 11.5 Å². The van der Waals surface area contributed by atoms with Gasteiger partial charge in [-0.3, -0.25) is 10.1 Å². The van der Waals surface area contributed by atoms with Crippen LogP contribution in [0, 0.1) is 10.1 Å². The molecule has 1 aromatic heterocycles. The monoisotopic (exact) mass is 432 g/mol. The van der Waals surface area contributed by atoms with Gasteiger partial charge in [-0.15, -0.1) is 0 Å². The Labute approximate surface area is 183 Å². The Balaban J connectivity index is 1.60. The maximum absolute atomic E-state index is 11.6. The summed E-state index contributed by atoms with van der Waals surface area (Å²) in [5, 5.41) is 18.8. The van der Waals surface area contributed by atoms with E-state index in [1.807, 2.05) is 30.3 Å². The number of hydrogen-bond acceptors (Lipinski definition) is 8. The van der Waals surface area contributed by atoms with Gasteiger partial charge in [-0.05, 0) is 35.9 Å². The second-order valence-corrected chi connectivity index (χ2v) is 6.82. The number of rotatable bonds is 8. The number of aromatic nitrogens is 2. The second-order valence-electron chi connectivity index (χ2n) is 6.82. The first-order chi connectivity index (χ1) is 15.6. The smallest absolute Gasteiger partial charge is 0.293 e. The molecule has 162 valence electrons. The fraction of sp³-hybridized carbons (Fsp3) is 0.130. The SMILES string of the molecule is COc1ccc(-c2noc(-c3ccc(NCc4ccccc4)c([N+](=O)[O-])c3)n2)cc1OC. The van der Waals surface area contributed by atoms with Gasteiger partial charge < -0.3 is 19.3 Å². The normalized spacial score (nSPS) is 10.6. The summed E-state index contributed by atoms with van der Waals surface area (Å²) in [7, 11) is 3.09. The van der Waals surface area contributed by atoms with E-state index in [9.17, 15) is 10.1 Å². The van der Waals surface area contributed by atoms with Crippen LogP contribution in [0.5, 0.6) is 11.5 Å². The van der Waals surface area contributed by atoms with Crippen molar-refractivity contribution in [3.8, 4) is 34.3 Å². The minimum absolute atomic E-state index is 0.0794. The zero-order valence-corrected chi connectivity index (χ0v) is 17.4. The molecule has 4 aromatic rings. The zero-order chi connectivity index (χ0) is 22.5. The van der Waals surface area contributed by atoms with Gasteiger partial charge >= 0.3 is 0 Å². The van der Waals surface area contributed by atoms with E-state index >= 15 is 0 Å². The molecule has 0 aliphatic rings. The van der Waals surface area contributed by atoms with E-state index in [2.05, 4.69) is 15.5 Å². The zero-order valence-electron chi connectivity index (χ0n) is 17.4. The van der Waals surface area contributed by atoms with Crippen LogP contribution in [0.1, 0.15) is 5.56 Å². The van der Waals surface area contributed by atoms with Crippen molar-refractivity contribution in [2.45, 2.75) is 6.54 Å². The van der Waals surface area contributed by atoms with Gasteiger partial charge in [-0.25, -0.2) is 0 Å². The number of nitro benzene ring substituents is 1. The van der Waals surface area contributed by atoms with Crippen LogP contribution >= 0.6 is 0 Å². The third-order valence-corrected chi connectivity index (χ3v) is 4.83. The largest absolute Gasteiger partial charge is 0.493 e. The molecule has 1 N–H and O–H groups in total. The second kappa shape index (κ2) is 9.17. The molecule has 3 aromatic carbocycles. The van der Waals surface area contributed by atoms with Crippen molar-refractivity contribution in [3.63, 3.8) is 0 Å². The molecule has 32 heavy (non-hydrogen) atoms. The summed E-state index contributed by atoms with van der Waals surface area (Å²) < 4.78 is 15.9. The Bertz CT molecular complexity index is 1240. The highest BCUT2D eigenvalue weighted by atomic mass is 16.6. The molecule has 0 saturated heterocycles. The van der Waals surface area contributed by atoms with Crippen LogP contribution < -0.4 is 14.8 Å². The number of hydrogen-bond donors (Lipinski definition) is 1. The molecule has 0 aliphatic carbocycles. The van der Waals surface area contributed by atoms with E-state index in [0.717, 1.165) is 5.56 Å². The summed E-state index contributed by atoms with van der Waals surface area (Å²) >= 11 is 0. The Hall–Kier alpha value is -4.40. The average molecular weight is 432 g/mol. The number of nitrogens with one attached hydrogen (secondary N) is 1. The lowest BCUT2D eigenvalue weighted by molar-refractivity contribution is -0.383. The van der Waals surface area contributed by atoms with E-state index in [4.69, 9.17) is 14.0 Å². The maximum Gasteiger partial charge on any atom is 0.293 e. The minimum atomic E-state index is -0.442. The van der Waals surface area contributed by atoms with E-state index < -0.39 is 4.92 Å². The molecule has 0 radical (unpaired) electrons. The molecule has 0 aliphatic heterocycles. The molecule has 0 bridgehead atoms. The molecular weight excluding hydrogens is 412 g/mol. The van der Waals surface area contributed by atoms with Crippen LogP contribution in [-0.2, 0) is 6.54 Å². The molecule has 0 unspecified atom stereocenters. The van der Waals surface area contributed by atoms with Gasteiger partial charge in [-0.1, -0.05) is 35.5 Å². The van der Waals surface area contributed by atoms with Crippen LogP contribution in [0.15, 0.2) is 71.3 Å². The Morgan fingerprint density at radius 2 is 1.72 bits per heavy atom. The number of benzene rings is 3. The van der Waals surface area contributed by atoms with E-state index in [-0.39, 0.29) is 11.6 Å². The molecule has 9 heteroatoms. The van der Waals surface area contributed by atoms with Gasteiger partial charge in [-0.2, -0.15) is 4.98 Å². The summed E-state index contributed by atoms with van der Waals surface area (Å²) in [6.45, 7) is 0.463. The third-order valence-electron chi connectivity index (χ3n) is 4.83. The standard InChI is InChI=1S/C23H20N4O5/c1-30-20-11-9-16(13-21(20)31-2)22-25-23(32-26-22)17-8-10-18(19(12-17)27(28)29)24-14-15-6-4-3-5-7-15/h3-13,24H,14H2,1-2H3. The van der Waals surface area contributed by atoms with Crippen LogP contribution in [0.4, 0.5) is 11.4 Å². The molecule has 4 rings (SSSR count). The van der Waals surface area contributed by atoms with Crippen molar-refractivity contribution in [3.05, 3.63) is 82.4 Å². The maximum atomic E-state index is 11.6. The summed E-state index contributed by atoms with van der Waals surface area (Å²) in [6, 6.07) is 19.6. The molecule has 0 atom stereocenters. The Morgan fingerprint density at radius 1 is 0.969 bits per heavy atom. The Morgan fingerprint density at radius 3 is 2.44 bits per heavy atom. The van der Waals surface area contributed by atoms with Crippen molar-refractivity contribution in [2.24, 2.45) is 0 Å². The molecule has 1 heterocycles. The van der Waals surface area contributed by atoms with Crippen molar-refractivity contribution >= 4 is 11.4 Å². The molecule has 9 nitrogen and oxygen atoms in total. The van der Waals surface area contributed by atoms with Crippen LogP contribution in [-0.4, -0.2) is 29.3 Å². The highest BCUT2D eigenvalue weighted by molar-refractivity contribution is 5.71. The van der Waals surface area contributed by atoms with Crippen LogP contribution in [0.2, 0.25) is 0 Å². The van der Waals surface area contributed by atoms with E-state index in [1.54, 1.807) is 37.4 Å². The van der Waals surface area contributed by atoms with E-state index in [1.165, 1.54) is 13.2 Å². The molecule has 0 spiro atoms. The minimum Gasteiger partial charge on any atom is -0.493 e. The number of anilines is 1. The van der Waals surface area contributed by atoms with Crippen LogP contribution in [0.3, 0.4) is 0 Å². The lowest BCUT2D eigenvalue weighted by Crippen LogP contribution is -2.02. The quantitative estimate of drug-likeness (QED) is 0.308. The number of ether oxygens (including phenoxy) is 2. The Kier molecular flexibility index (Phi) is 5.98. The van der Waals surface area contributed by atoms with Crippen molar-refractivity contribution in [1.29, 1.82) is 0 Å². The van der Waals surface area contributed by atoms with Gasteiger partial charge in [0.2, 0.25) is 5.82 Å². The molecular formula is C23H20N4O5. The predicted molar refractivity (Wildman–Crippen MR) is 119 cm³/mol. The highest BCUT2D eigenvalue weighted by Crippen LogP contribution is 2.34. The first-order valence-electron chi connectivity index (χ1n) is 9.71. The van der Waals surface area contributed by atoms with Gasteiger partial charge in [0.05, 0.1) is 19.1 Å². The lowest BCUT2D eigenvalue weighted by Gasteiger charge is -2.08. The molecule has 0 saturated carbocycles. The predicted octanol–water partition coefficient (Wildman–Crippen LogP) is 4.94. The highest BCUT2D eigenvalue weighted by Gasteiger charge is 2.19. The summed E-state index contributed by atoms with van der Waals surface area (Å²) in [5.41, 5.74) is 2.45. The van der Waals surface area contributed by atoms with Crippen molar-refractivity contribution < 1.29 is 18.9 Å². The van der Waals surface area contributed by atoms with Gasteiger partial charge in [0.1, 0.15) is 5.69 Å². The fourth-order valence-corrected chi connectivity index (χ4v) is 3.19. The number of nitrogens with zero attached hydrogens (tertiary/aromatic N) is 3. The number of nitro groups is 1. The summed E-state index contributed by atoms with van der Waals surface area (Å²) in [4.78, 5) is 15.6. The first-order valence-corrected chi connectivity index (χ1v) is 9.71. The lowest BCUT2D eigenvalue weighted by atomic mass is 10.1. The van der Waals surface area contributed by atoms with Crippen molar-refractivity contribution in [2.75, 3.05) is 19.5 Å². The summed E-state index contributed by atoms with van der Waals surface area (Å²) in [6.07, 6.45) is 0. The topological polar surface area (TPSA) is 113 Å². The third kappa shape index (κ3) is 4.36. The summed E-state index contributed by atoms with van der Waals surface area (Å²) in [5.74, 6) is 1.61.